The third-order valence-electron chi connectivity index (χ3n) is 2.52. The molecule has 1 aromatic heterocycles. The average molecular weight is 331 g/mol. The molecule has 1 aromatic carbocycles. The molecular formula is C15H20ClO2PS. The van der Waals surface area contributed by atoms with Gasteiger partial charge in [-0.2, -0.15) is 0 Å². The van der Waals surface area contributed by atoms with Gasteiger partial charge in [0.2, 0.25) is 0 Å². The second-order valence-electron chi connectivity index (χ2n) is 4.39. The lowest BCUT2D eigenvalue weighted by atomic mass is 10.2. The first-order valence-corrected chi connectivity index (χ1v) is 10.1. The van der Waals surface area contributed by atoms with Crippen molar-refractivity contribution in [2.45, 2.75) is 19.5 Å². The topological polar surface area (TPSA) is 26.3 Å². The lowest BCUT2D eigenvalue weighted by molar-refractivity contribution is 0.112. The van der Waals surface area contributed by atoms with Crippen molar-refractivity contribution in [3.8, 4) is 0 Å². The van der Waals surface area contributed by atoms with E-state index in [1.807, 2.05) is 12.7 Å². The van der Waals surface area contributed by atoms with Crippen LogP contribution in [0, 0.1) is 0 Å². The normalized spacial score (nSPS) is 11.8. The van der Waals surface area contributed by atoms with E-state index in [1.54, 1.807) is 7.11 Å². The highest BCUT2D eigenvalue weighted by Crippen LogP contribution is 2.41. The Morgan fingerprint density at radius 3 is 2.65 bits per heavy atom. The number of fused-ring (bicyclic) bond motifs is 1. The number of methoxy groups -OCH3 is 1. The van der Waals surface area contributed by atoms with Crippen molar-refractivity contribution in [1.29, 1.82) is 0 Å². The Bertz CT molecular complexity index is 538. The number of rotatable bonds is 5. The zero-order valence-corrected chi connectivity index (χ0v) is 14.5. The van der Waals surface area contributed by atoms with E-state index in [0.29, 0.717) is 0 Å². The molecule has 0 fully saturated rings. The van der Waals surface area contributed by atoms with Gasteiger partial charge in [0.1, 0.15) is 0 Å². The molecule has 0 amide bonds. The van der Waals surface area contributed by atoms with E-state index in [0.717, 1.165) is 40.4 Å². The van der Waals surface area contributed by atoms with Crippen LogP contribution in [-0.2, 0) is 10.9 Å². The Morgan fingerprint density at radius 2 is 2.15 bits per heavy atom. The van der Waals surface area contributed by atoms with E-state index in [1.165, 1.54) is 16.9 Å². The standard InChI is InChI=1S/C11H10ClOPS.C4H10O/c1-14(12)7-8-2-3-11-9(4-8)5-10(6-13)15-11;1-3-4-5-2/h2-6H,7H2,1H3;3-4H2,1-2H3. The zero-order valence-electron chi connectivity index (χ0n) is 12.1. The highest BCUT2D eigenvalue weighted by molar-refractivity contribution is 7.82. The van der Waals surface area contributed by atoms with Crippen LogP contribution in [-0.4, -0.2) is 26.7 Å². The monoisotopic (exact) mass is 330 g/mol. The van der Waals surface area contributed by atoms with Crippen LogP contribution in [0.5, 0.6) is 0 Å². The van der Waals surface area contributed by atoms with Crippen LogP contribution in [0.4, 0.5) is 0 Å². The fourth-order valence-corrected chi connectivity index (χ4v) is 3.70. The van der Waals surface area contributed by atoms with Crippen LogP contribution in [0.1, 0.15) is 28.6 Å². The van der Waals surface area contributed by atoms with Crippen molar-refractivity contribution in [2.24, 2.45) is 0 Å². The summed E-state index contributed by atoms with van der Waals surface area (Å²) in [6.07, 6.45) is 2.95. The van der Waals surface area contributed by atoms with Gasteiger partial charge in [-0.3, -0.25) is 4.79 Å². The smallest absolute Gasteiger partial charge is 0.160 e. The highest BCUT2D eigenvalue weighted by atomic mass is 35.7. The molecule has 0 saturated carbocycles. The molecule has 110 valence electrons. The Balaban J connectivity index is 0.000000347. The number of carbonyl (C=O) groups is 1. The minimum Gasteiger partial charge on any atom is -0.385 e. The van der Waals surface area contributed by atoms with Gasteiger partial charge < -0.3 is 4.74 Å². The van der Waals surface area contributed by atoms with Crippen LogP contribution in [0.2, 0.25) is 0 Å². The molecule has 20 heavy (non-hydrogen) atoms. The Labute approximate surface area is 130 Å². The molecule has 2 rings (SSSR count). The number of carbonyl (C=O) groups excluding carboxylic acids is 1. The first-order chi connectivity index (χ1) is 9.60. The van der Waals surface area contributed by atoms with Gasteiger partial charge in [0.15, 0.2) is 6.29 Å². The van der Waals surface area contributed by atoms with E-state index in [9.17, 15) is 4.79 Å². The number of aldehydes is 1. The summed E-state index contributed by atoms with van der Waals surface area (Å²) in [5.74, 6) is 0. The van der Waals surface area contributed by atoms with Crippen molar-refractivity contribution in [2.75, 3.05) is 20.4 Å². The van der Waals surface area contributed by atoms with Gasteiger partial charge in [0.25, 0.3) is 0 Å². The summed E-state index contributed by atoms with van der Waals surface area (Å²) in [6.45, 7) is 5.02. The molecule has 0 aliphatic rings. The molecule has 1 heterocycles. The van der Waals surface area contributed by atoms with E-state index >= 15 is 0 Å². The molecule has 2 aromatic rings. The van der Waals surface area contributed by atoms with Gasteiger partial charge in [-0.25, -0.2) is 0 Å². The number of halogens is 1. The molecule has 0 radical (unpaired) electrons. The van der Waals surface area contributed by atoms with Crippen LogP contribution in [0.15, 0.2) is 24.3 Å². The Kier molecular flexibility index (Phi) is 8.32. The van der Waals surface area contributed by atoms with Crippen molar-refractivity contribution in [1.82, 2.24) is 0 Å². The van der Waals surface area contributed by atoms with Gasteiger partial charge in [-0.1, -0.05) is 24.2 Å². The maximum atomic E-state index is 10.6. The van der Waals surface area contributed by atoms with Crippen molar-refractivity contribution < 1.29 is 9.53 Å². The number of hydrogen-bond acceptors (Lipinski definition) is 3. The van der Waals surface area contributed by atoms with Crippen molar-refractivity contribution in [3.63, 3.8) is 0 Å². The molecule has 0 spiro atoms. The van der Waals surface area contributed by atoms with Gasteiger partial charge in [-0.15, -0.1) is 11.3 Å². The number of benzene rings is 1. The Hall–Kier alpha value is -0.470. The molecule has 1 atom stereocenters. The molecular weight excluding hydrogens is 311 g/mol. The number of hydrogen-bond donors (Lipinski definition) is 0. The predicted octanol–water partition coefficient (Wildman–Crippen LogP) is 5.52. The first-order valence-electron chi connectivity index (χ1n) is 6.44. The number of thiophene rings is 1. The van der Waals surface area contributed by atoms with E-state index in [-0.39, 0.29) is 0 Å². The minimum atomic E-state index is -0.423. The maximum Gasteiger partial charge on any atom is 0.160 e. The van der Waals surface area contributed by atoms with E-state index < -0.39 is 7.27 Å². The lowest BCUT2D eigenvalue weighted by Crippen LogP contribution is -1.80. The van der Waals surface area contributed by atoms with Gasteiger partial charge in [0, 0.05) is 24.6 Å². The maximum absolute atomic E-state index is 10.6. The van der Waals surface area contributed by atoms with Gasteiger partial charge in [-0.05, 0) is 49.5 Å². The third kappa shape index (κ3) is 5.88. The predicted molar refractivity (Wildman–Crippen MR) is 91.8 cm³/mol. The molecule has 0 aliphatic carbocycles. The molecule has 1 unspecified atom stereocenters. The van der Waals surface area contributed by atoms with Crippen molar-refractivity contribution in [3.05, 3.63) is 34.7 Å². The summed E-state index contributed by atoms with van der Waals surface area (Å²) < 4.78 is 5.85. The summed E-state index contributed by atoms with van der Waals surface area (Å²) in [5, 5.41) is 1.15. The van der Waals surface area contributed by atoms with Crippen LogP contribution < -0.4 is 0 Å². The Morgan fingerprint density at radius 1 is 1.40 bits per heavy atom. The van der Waals surface area contributed by atoms with Gasteiger partial charge >= 0.3 is 0 Å². The van der Waals surface area contributed by atoms with Crippen LogP contribution in [0.3, 0.4) is 0 Å². The van der Waals surface area contributed by atoms with Crippen molar-refractivity contribution >= 4 is 46.2 Å². The molecule has 0 bridgehead atoms. The third-order valence-corrected chi connectivity index (χ3v) is 4.73. The minimum absolute atomic E-state index is 0.423. The van der Waals surface area contributed by atoms with Gasteiger partial charge in [0.05, 0.1) is 4.88 Å². The molecule has 0 N–H and O–H groups in total. The summed E-state index contributed by atoms with van der Waals surface area (Å²) in [6, 6.07) is 8.22. The number of ether oxygens (including phenoxy) is 1. The lowest BCUT2D eigenvalue weighted by Gasteiger charge is -2.02. The zero-order chi connectivity index (χ0) is 15.0. The average Bonchev–Trinajstić information content (AvgIpc) is 2.82. The second-order valence-corrected chi connectivity index (χ2v) is 8.77. The fourth-order valence-electron chi connectivity index (χ4n) is 1.73. The first kappa shape index (κ1) is 17.6. The summed E-state index contributed by atoms with van der Waals surface area (Å²) in [7, 11) is 1.29. The van der Waals surface area contributed by atoms with E-state index in [2.05, 4.69) is 25.1 Å². The molecule has 0 saturated heterocycles. The largest absolute Gasteiger partial charge is 0.385 e. The second kappa shape index (κ2) is 9.46. The van der Waals surface area contributed by atoms with E-state index in [4.69, 9.17) is 16.0 Å². The SMILES string of the molecule is CCCOC.CP(Cl)Cc1ccc2sc(C=O)cc2c1. The highest BCUT2D eigenvalue weighted by Gasteiger charge is 2.04. The molecule has 0 aliphatic heterocycles. The quantitative estimate of drug-likeness (QED) is 0.533. The molecule has 5 heteroatoms. The van der Waals surface area contributed by atoms with Crippen LogP contribution >= 0.6 is 29.9 Å². The summed E-state index contributed by atoms with van der Waals surface area (Å²) >= 11 is 7.54. The summed E-state index contributed by atoms with van der Waals surface area (Å²) in [5.41, 5.74) is 1.25. The fraction of sp³-hybridized carbons (Fsp3) is 0.400. The summed E-state index contributed by atoms with van der Waals surface area (Å²) in [4.78, 5) is 11.4. The van der Waals surface area contributed by atoms with Crippen LogP contribution in [0.25, 0.3) is 10.1 Å². The molecule has 2 nitrogen and oxygen atoms in total.